The number of hydrogen-bond donors (Lipinski definition) is 0. The third-order valence-electron chi connectivity index (χ3n) is 1.80. The maximum Gasteiger partial charge on any atom is 0.299 e. The molecular formula is C8H10BrNO. The number of hydrogen-bond acceptors (Lipinski definition) is 1. The lowest BCUT2D eigenvalue weighted by Gasteiger charge is -2.24. The molecule has 1 heterocycles. The fourth-order valence-corrected chi connectivity index (χ4v) is 1.39. The summed E-state index contributed by atoms with van der Waals surface area (Å²) in [6, 6.07) is 0. The van der Waals surface area contributed by atoms with Gasteiger partial charge in [0.2, 0.25) is 0 Å². The van der Waals surface area contributed by atoms with Gasteiger partial charge in [-0.05, 0) is 24.1 Å². The van der Waals surface area contributed by atoms with Crippen LogP contribution in [0.5, 0.6) is 0 Å². The van der Waals surface area contributed by atoms with Crippen LogP contribution < -0.4 is 0 Å². The second kappa shape index (κ2) is 4.40. The molecule has 11 heavy (non-hydrogen) atoms. The molecule has 60 valence electrons. The summed E-state index contributed by atoms with van der Waals surface area (Å²) in [6.07, 6.45) is 3.48. The summed E-state index contributed by atoms with van der Waals surface area (Å²) in [5.41, 5.74) is 0. The summed E-state index contributed by atoms with van der Waals surface area (Å²) >= 11 is 2.91. The minimum absolute atomic E-state index is 0.0541. The van der Waals surface area contributed by atoms with Gasteiger partial charge in [0.15, 0.2) is 0 Å². The lowest BCUT2D eigenvalue weighted by molar-refractivity contribution is -0.125. The molecule has 0 N–H and O–H groups in total. The number of amides is 1. The van der Waals surface area contributed by atoms with Gasteiger partial charge in [-0.2, -0.15) is 0 Å². The van der Waals surface area contributed by atoms with E-state index in [1.165, 1.54) is 6.42 Å². The molecule has 0 bridgehead atoms. The van der Waals surface area contributed by atoms with Gasteiger partial charge >= 0.3 is 0 Å². The van der Waals surface area contributed by atoms with Gasteiger partial charge in [-0.3, -0.25) is 4.79 Å². The number of carbonyl (C=O) groups excluding carboxylic acids is 1. The summed E-state index contributed by atoms with van der Waals surface area (Å²) in [5, 5.41) is 0. The van der Waals surface area contributed by atoms with Gasteiger partial charge in [0.1, 0.15) is 0 Å². The zero-order valence-electron chi connectivity index (χ0n) is 6.27. The molecule has 0 aliphatic carbocycles. The van der Waals surface area contributed by atoms with E-state index in [1.54, 1.807) is 4.90 Å². The standard InChI is InChI=1S/C8H10BrNO/c9-5-4-8(11)10-6-2-1-3-7-10/h1-3,6-7H2. The first-order valence-electron chi connectivity index (χ1n) is 3.75. The monoisotopic (exact) mass is 215 g/mol. The Bertz CT molecular complexity index is 198. The van der Waals surface area contributed by atoms with Crippen molar-refractivity contribution in [2.45, 2.75) is 19.3 Å². The van der Waals surface area contributed by atoms with Crippen molar-refractivity contribution in [1.29, 1.82) is 0 Å². The summed E-state index contributed by atoms with van der Waals surface area (Å²) in [7, 11) is 0. The highest BCUT2D eigenvalue weighted by atomic mass is 79.9. The van der Waals surface area contributed by atoms with E-state index in [1.807, 2.05) is 0 Å². The predicted molar refractivity (Wildman–Crippen MR) is 47.1 cm³/mol. The first kappa shape index (κ1) is 8.61. The summed E-state index contributed by atoms with van der Waals surface area (Å²) in [4.78, 5) is 15.4. The molecule has 0 unspecified atom stereocenters. The van der Waals surface area contributed by atoms with Crippen molar-refractivity contribution in [3.63, 3.8) is 0 Å². The van der Waals surface area contributed by atoms with E-state index in [9.17, 15) is 4.79 Å². The highest BCUT2D eigenvalue weighted by Crippen LogP contribution is 2.07. The number of nitrogens with zero attached hydrogens (tertiary/aromatic N) is 1. The smallest absolute Gasteiger partial charge is 0.299 e. The van der Waals surface area contributed by atoms with Gasteiger partial charge in [-0.25, -0.2) is 0 Å². The van der Waals surface area contributed by atoms with Crippen molar-refractivity contribution < 1.29 is 4.79 Å². The van der Waals surface area contributed by atoms with Crippen LogP contribution in [0.25, 0.3) is 0 Å². The average molecular weight is 216 g/mol. The topological polar surface area (TPSA) is 20.3 Å². The van der Waals surface area contributed by atoms with Crippen LogP contribution >= 0.6 is 15.9 Å². The molecule has 3 heteroatoms. The average Bonchev–Trinajstić information content (AvgIpc) is 2.07. The number of rotatable bonds is 0. The molecule has 1 rings (SSSR count). The largest absolute Gasteiger partial charge is 0.332 e. The SMILES string of the molecule is O=C(C#CBr)N1CCCCC1. The minimum atomic E-state index is -0.0541. The zero-order chi connectivity index (χ0) is 8.10. The first-order chi connectivity index (χ1) is 5.34. The third-order valence-corrected chi connectivity index (χ3v) is 2.00. The van der Waals surface area contributed by atoms with Crippen molar-refractivity contribution in [3.8, 4) is 10.8 Å². The Kier molecular flexibility index (Phi) is 3.44. The number of likely N-dealkylation sites (tertiary alicyclic amines) is 1. The maximum absolute atomic E-state index is 11.1. The molecule has 0 atom stereocenters. The van der Waals surface area contributed by atoms with Crippen molar-refractivity contribution in [3.05, 3.63) is 0 Å². The van der Waals surface area contributed by atoms with Crippen molar-refractivity contribution in [2.24, 2.45) is 0 Å². The Morgan fingerprint density at radius 3 is 2.45 bits per heavy atom. The molecule has 1 aliphatic heterocycles. The highest BCUT2D eigenvalue weighted by molar-refractivity contribution is 9.12. The molecular weight excluding hydrogens is 206 g/mol. The molecule has 0 aromatic rings. The van der Waals surface area contributed by atoms with Gasteiger partial charge in [-0.15, -0.1) is 0 Å². The van der Waals surface area contributed by atoms with E-state index < -0.39 is 0 Å². The van der Waals surface area contributed by atoms with Crippen LogP contribution in [0.2, 0.25) is 0 Å². The van der Waals surface area contributed by atoms with Gasteiger partial charge in [0, 0.05) is 34.9 Å². The molecule has 0 aromatic heterocycles. The molecule has 0 saturated carbocycles. The van der Waals surface area contributed by atoms with Gasteiger partial charge in [0.25, 0.3) is 5.91 Å². The zero-order valence-corrected chi connectivity index (χ0v) is 7.85. The summed E-state index contributed by atoms with van der Waals surface area (Å²) in [6.45, 7) is 1.75. The molecule has 1 aliphatic rings. The van der Waals surface area contributed by atoms with Crippen molar-refractivity contribution >= 4 is 21.8 Å². The van der Waals surface area contributed by atoms with E-state index in [4.69, 9.17) is 0 Å². The molecule has 1 amide bonds. The number of piperidine rings is 1. The molecule has 0 aromatic carbocycles. The van der Waals surface area contributed by atoms with Gasteiger partial charge < -0.3 is 4.90 Å². The molecule has 1 saturated heterocycles. The van der Waals surface area contributed by atoms with E-state index in [2.05, 4.69) is 26.7 Å². The Balaban J connectivity index is 2.43. The van der Waals surface area contributed by atoms with Crippen molar-refractivity contribution in [2.75, 3.05) is 13.1 Å². The molecule has 2 nitrogen and oxygen atoms in total. The van der Waals surface area contributed by atoms with Crippen LogP contribution in [-0.4, -0.2) is 23.9 Å². The quantitative estimate of drug-likeness (QED) is 0.560. The van der Waals surface area contributed by atoms with Crippen molar-refractivity contribution in [1.82, 2.24) is 4.90 Å². The predicted octanol–water partition coefficient (Wildman–Crippen LogP) is 1.35. The number of carbonyl (C=O) groups is 1. The van der Waals surface area contributed by atoms with Crippen LogP contribution in [0.15, 0.2) is 0 Å². The van der Waals surface area contributed by atoms with Crippen LogP contribution in [0.1, 0.15) is 19.3 Å². The van der Waals surface area contributed by atoms with Crippen LogP contribution in [0, 0.1) is 10.8 Å². The lowest BCUT2D eigenvalue weighted by Crippen LogP contribution is -2.34. The Hall–Kier alpha value is -0.490. The maximum atomic E-state index is 11.1. The minimum Gasteiger partial charge on any atom is -0.332 e. The van der Waals surface area contributed by atoms with Crippen LogP contribution in [-0.2, 0) is 4.79 Å². The van der Waals surface area contributed by atoms with Gasteiger partial charge in [-0.1, -0.05) is 0 Å². The molecule has 0 spiro atoms. The first-order valence-corrected chi connectivity index (χ1v) is 4.54. The Labute approximate surface area is 75.1 Å². The van der Waals surface area contributed by atoms with E-state index in [0.717, 1.165) is 25.9 Å². The van der Waals surface area contributed by atoms with E-state index in [-0.39, 0.29) is 5.91 Å². The second-order valence-corrected chi connectivity index (χ2v) is 2.97. The van der Waals surface area contributed by atoms with Crippen LogP contribution in [0.3, 0.4) is 0 Å². The van der Waals surface area contributed by atoms with E-state index in [0.29, 0.717) is 0 Å². The Morgan fingerprint density at radius 1 is 1.27 bits per heavy atom. The second-order valence-electron chi connectivity index (χ2n) is 2.57. The Morgan fingerprint density at radius 2 is 1.91 bits per heavy atom. The highest BCUT2D eigenvalue weighted by Gasteiger charge is 2.13. The summed E-state index contributed by atoms with van der Waals surface area (Å²) < 4.78 is 0. The fourth-order valence-electron chi connectivity index (χ4n) is 1.22. The van der Waals surface area contributed by atoms with E-state index >= 15 is 0 Å². The molecule has 0 radical (unpaired) electrons. The van der Waals surface area contributed by atoms with Gasteiger partial charge in [0.05, 0.1) is 0 Å². The molecule has 1 fully saturated rings. The lowest BCUT2D eigenvalue weighted by atomic mass is 10.1. The normalized spacial score (nSPS) is 17.0. The fraction of sp³-hybridized carbons (Fsp3) is 0.625. The number of halogens is 1. The summed E-state index contributed by atoms with van der Waals surface area (Å²) in [5.74, 6) is 2.41. The van der Waals surface area contributed by atoms with Crippen LogP contribution in [0.4, 0.5) is 0 Å². The third kappa shape index (κ3) is 2.55.